The van der Waals surface area contributed by atoms with Gasteiger partial charge in [0.25, 0.3) is 0 Å². The van der Waals surface area contributed by atoms with Crippen LogP contribution in [0.3, 0.4) is 0 Å². The van der Waals surface area contributed by atoms with E-state index in [1.165, 1.54) is 0 Å². The monoisotopic (exact) mass is 591 g/mol. The molecule has 3 aliphatic heterocycles. The van der Waals surface area contributed by atoms with Crippen LogP contribution < -0.4 is 16.0 Å². The lowest BCUT2D eigenvalue weighted by molar-refractivity contribution is -0.138. The van der Waals surface area contributed by atoms with Crippen LogP contribution >= 0.6 is 0 Å². The Kier molecular flexibility index (Phi) is 9.57. The van der Waals surface area contributed by atoms with E-state index in [1.54, 1.807) is 0 Å². The van der Waals surface area contributed by atoms with E-state index in [1.807, 2.05) is 53.5 Å². The smallest absolute Gasteiger partial charge is 0.302 e. The van der Waals surface area contributed by atoms with Gasteiger partial charge in [-0.15, -0.1) is 18.7 Å². The summed E-state index contributed by atoms with van der Waals surface area (Å²) in [5, 5.41) is 28.5. The number of aromatic amines is 1. The molecule has 0 saturated carbocycles. The molecule has 43 heavy (non-hydrogen) atoms. The van der Waals surface area contributed by atoms with Crippen LogP contribution in [0.25, 0.3) is 0 Å². The van der Waals surface area contributed by atoms with E-state index in [9.17, 15) is 29.4 Å². The molecule has 0 spiro atoms. The highest BCUT2D eigenvalue weighted by Gasteiger charge is 2.35. The number of carboxylic acids is 2. The molecule has 4 atom stereocenters. The number of carboxylic acid groups (broad SMARTS) is 2. The number of H-pyrrole nitrogens is 1. The van der Waals surface area contributed by atoms with E-state index in [0.717, 1.165) is 63.0 Å². The van der Waals surface area contributed by atoms with E-state index in [4.69, 9.17) is 0 Å². The maximum atomic E-state index is 12.4. The first-order chi connectivity index (χ1) is 20.4. The van der Waals surface area contributed by atoms with Gasteiger partial charge in [-0.2, -0.15) is 30.0 Å². The number of nitrogens with one attached hydrogen (secondary N) is 4. The van der Waals surface area contributed by atoms with E-state index in [-0.39, 0.29) is 48.6 Å². The number of aromatic nitrogens is 1. The summed E-state index contributed by atoms with van der Waals surface area (Å²) >= 11 is 0. The summed E-state index contributed by atoms with van der Waals surface area (Å²) in [5.74, 6) is -0.876. The molecule has 1 aromatic rings. The molecule has 0 radical (unpaired) electrons. The Morgan fingerprint density at radius 3 is 2.30 bits per heavy atom. The lowest BCUT2D eigenvalue weighted by Crippen LogP contribution is -2.29. The van der Waals surface area contributed by atoms with Crippen LogP contribution in [0.5, 0.6) is 0 Å². The molecule has 4 rings (SSSR count). The molecule has 6 N–H and O–H groups in total. The highest BCUT2D eigenvalue weighted by atomic mass is 16.4. The van der Waals surface area contributed by atoms with Crippen molar-refractivity contribution < 1.29 is 29.4 Å². The normalized spacial score (nSPS) is 24.5. The largest absolute Gasteiger partial charge is 0.481 e. The second-order valence-corrected chi connectivity index (χ2v) is 11.7. The maximum Gasteiger partial charge on any atom is 0.302 e. The summed E-state index contributed by atoms with van der Waals surface area (Å²) in [5.41, 5.74) is 7.43. The van der Waals surface area contributed by atoms with Gasteiger partial charge in [0.2, 0.25) is 11.8 Å². The number of amides is 2. The van der Waals surface area contributed by atoms with Crippen molar-refractivity contribution in [2.45, 2.75) is 92.2 Å². The minimum atomic E-state index is -0.903. The van der Waals surface area contributed by atoms with Gasteiger partial charge in [0.15, 0.2) is 0 Å². The zero-order valence-corrected chi connectivity index (χ0v) is 25.8. The highest BCUT2D eigenvalue weighted by molar-refractivity contribution is 5.97. The first-order valence-electron chi connectivity index (χ1n) is 15.1. The fourth-order valence-electron chi connectivity index (χ4n) is 6.53. The van der Waals surface area contributed by atoms with E-state index >= 15 is 0 Å². The van der Waals surface area contributed by atoms with Crippen LogP contribution in [0.15, 0.2) is 34.2 Å². The summed E-state index contributed by atoms with van der Waals surface area (Å²) in [6, 6.07) is -0.411. The van der Waals surface area contributed by atoms with Gasteiger partial charge in [-0.25, -0.2) is 11.1 Å². The summed E-state index contributed by atoms with van der Waals surface area (Å²) < 4.78 is 0. The number of hydrogen-bond acceptors (Lipinski definition) is 5. The van der Waals surface area contributed by atoms with Crippen LogP contribution in [-0.2, 0) is 25.6 Å². The molecule has 2 amide bonds. The SMILES string of the molecule is CCC1=C(C)C([CH-]c2[nH]c([CH-]C3=C(CCC(=O)O)[C-](C)/C(=C\[C@H]4NC(=O)[C@H](C)[C@H]4CC)N3)c(CCC(=O)O)c2C)NC1=O. The summed E-state index contributed by atoms with van der Waals surface area (Å²) in [6.07, 6.45) is 7.91. The number of aliphatic carboxylic acids is 2. The molecule has 10 heteroatoms. The summed E-state index contributed by atoms with van der Waals surface area (Å²) in [7, 11) is 0. The zero-order chi connectivity index (χ0) is 31.6. The van der Waals surface area contributed by atoms with Gasteiger partial charge in [0, 0.05) is 36.4 Å². The molecule has 3 aliphatic rings. The van der Waals surface area contributed by atoms with Gasteiger partial charge in [-0.1, -0.05) is 63.9 Å². The van der Waals surface area contributed by atoms with E-state index in [2.05, 4.69) is 27.9 Å². The zero-order valence-electron chi connectivity index (χ0n) is 25.8. The molecule has 4 heterocycles. The predicted molar refractivity (Wildman–Crippen MR) is 162 cm³/mol. The number of carbonyl (C=O) groups excluding carboxylic acids is 2. The van der Waals surface area contributed by atoms with Crippen molar-refractivity contribution >= 4 is 23.8 Å². The van der Waals surface area contributed by atoms with Gasteiger partial charge in [0.05, 0.1) is 0 Å². The predicted octanol–water partition coefficient (Wildman–Crippen LogP) is 4.03. The van der Waals surface area contributed by atoms with Crippen molar-refractivity contribution in [1.82, 2.24) is 20.9 Å². The van der Waals surface area contributed by atoms with Crippen LogP contribution in [0.1, 0.15) is 89.2 Å². The first-order valence-corrected chi connectivity index (χ1v) is 15.1. The van der Waals surface area contributed by atoms with Gasteiger partial charge in [-0.05, 0) is 19.3 Å². The van der Waals surface area contributed by atoms with Gasteiger partial charge < -0.3 is 31.1 Å². The average molecular weight is 592 g/mol. The molecule has 1 fully saturated rings. The number of allylic oxidation sites excluding steroid dienone is 2. The minimum Gasteiger partial charge on any atom is -0.481 e. The lowest BCUT2D eigenvalue weighted by Gasteiger charge is -2.26. The van der Waals surface area contributed by atoms with Crippen molar-refractivity contribution in [2.24, 2.45) is 11.8 Å². The number of carbonyl (C=O) groups is 4. The second kappa shape index (κ2) is 13.0. The van der Waals surface area contributed by atoms with Crippen molar-refractivity contribution in [3.05, 3.63) is 75.5 Å². The Bertz CT molecular complexity index is 1400. The van der Waals surface area contributed by atoms with E-state index < -0.39 is 11.9 Å². The van der Waals surface area contributed by atoms with Crippen molar-refractivity contribution in [3.63, 3.8) is 0 Å². The van der Waals surface area contributed by atoms with Crippen LogP contribution in [0.4, 0.5) is 0 Å². The highest BCUT2D eigenvalue weighted by Crippen LogP contribution is 2.39. The average Bonchev–Trinajstić information content (AvgIpc) is 3.59. The van der Waals surface area contributed by atoms with Gasteiger partial charge >= 0.3 is 11.9 Å². The lowest BCUT2D eigenvalue weighted by atomic mass is 9.87. The Morgan fingerprint density at radius 2 is 1.70 bits per heavy atom. The molecule has 0 aliphatic carbocycles. The molecule has 10 nitrogen and oxygen atoms in total. The second-order valence-electron chi connectivity index (χ2n) is 11.7. The Labute approximate surface area is 253 Å². The van der Waals surface area contributed by atoms with E-state index in [0.29, 0.717) is 19.3 Å². The van der Waals surface area contributed by atoms with Crippen molar-refractivity contribution in [1.29, 1.82) is 0 Å². The standard InChI is InChI=1S/C33H43N4O6/c1-7-20-19(6)32(42)37-27(20)14-25-18(5)23(10-12-31(40)41)29(35-25)15-28-22(9-11-30(38)39)17(4)24(34-28)13-26-16(3)21(8-2)33(43)36-26/h13-15,19-20,26-27,34-35H,7-12H2,1-6H3,(H,36,43)(H,37,42)(H,38,39)(H,40,41)/q-3/b25-14+/t19-,20-,26?,27-/m1/s1. The quantitative estimate of drug-likeness (QED) is 0.189. The summed E-state index contributed by atoms with van der Waals surface area (Å²) in [6.45, 7) is 11.8. The summed E-state index contributed by atoms with van der Waals surface area (Å²) in [4.78, 5) is 51.3. The third-order valence-electron chi connectivity index (χ3n) is 9.20. The molecule has 0 aromatic carbocycles. The third kappa shape index (κ3) is 6.58. The molecule has 1 unspecified atom stereocenters. The molecular formula is C33H43N4O6-3. The number of rotatable bonds is 13. The van der Waals surface area contributed by atoms with Crippen LogP contribution in [0, 0.1) is 37.5 Å². The van der Waals surface area contributed by atoms with Crippen LogP contribution in [0.2, 0.25) is 0 Å². The first kappa shape index (κ1) is 31.7. The minimum absolute atomic E-state index is 0.0264. The molecule has 1 saturated heterocycles. The van der Waals surface area contributed by atoms with Crippen LogP contribution in [-0.4, -0.2) is 51.0 Å². The Hall–Kier alpha value is -4.21. The van der Waals surface area contributed by atoms with Gasteiger partial charge in [0.1, 0.15) is 0 Å². The topological polar surface area (TPSA) is 161 Å². The number of hydrogen-bond donors (Lipinski definition) is 6. The molecule has 234 valence electrons. The molecule has 1 aromatic heterocycles. The molecular weight excluding hydrogens is 548 g/mol. The molecule has 0 bridgehead atoms. The van der Waals surface area contributed by atoms with Crippen molar-refractivity contribution in [2.75, 3.05) is 0 Å². The fraction of sp³-hybridized carbons (Fsp3) is 0.485. The third-order valence-corrected chi connectivity index (χ3v) is 9.20. The fourth-order valence-corrected chi connectivity index (χ4v) is 6.53. The maximum absolute atomic E-state index is 12.4. The Balaban J connectivity index is 1.67. The Morgan fingerprint density at radius 1 is 1.02 bits per heavy atom. The van der Waals surface area contributed by atoms with Gasteiger partial charge in [-0.3, -0.25) is 19.2 Å². The van der Waals surface area contributed by atoms with Crippen molar-refractivity contribution in [3.8, 4) is 0 Å².